The first-order valence-corrected chi connectivity index (χ1v) is 6.20. The molecular weight excluding hydrogens is 156 g/mol. The van der Waals surface area contributed by atoms with Crippen molar-refractivity contribution >= 4 is 0 Å². The van der Waals surface area contributed by atoms with Crippen LogP contribution in [0.15, 0.2) is 0 Å². The van der Waals surface area contributed by atoms with E-state index in [4.69, 9.17) is 0 Å². The van der Waals surface area contributed by atoms with Gasteiger partial charge < -0.3 is 0 Å². The van der Waals surface area contributed by atoms with Gasteiger partial charge in [0.25, 0.3) is 0 Å². The van der Waals surface area contributed by atoms with Crippen molar-refractivity contribution in [3.05, 3.63) is 0 Å². The fraction of sp³-hybridized carbons (Fsp3) is 1.00. The zero-order chi connectivity index (χ0) is 9.73. The van der Waals surface area contributed by atoms with E-state index in [9.17, 15) is 0 Å². The summed E-state index contributed by atoms with van der Waals surface area (Å²) >= 11 is 0. The molecule has 0 nitrogen and oxygen atoms in total. The summed E-state index contributed by atoms with van der Waals surface area (Å²) in [5, 5.41) is 0. The van der Waals surface area contributed by atoms with Crippen molar-refractivity contribution in [2.75, 3.05) is 0 Å². The number of hydrogen-bond donors (Lipinski definition) is 0. The van der Waals surface area contributed by atoms with E-state index in [1.165, 1.54) is 51.4 Å². The molecule has 0 N–H and O–H groups in total. The van der Waals surface area contributed by atoms with Crippen LogP contribution >= 0.6 is 0 Å². The van der Waals surface area contributed by atoms with Crippen LogP contribution in [0.2, 0.25) is 0 Å². The monoisotopic (exact) mass is 182 g/mol. The molecule has 0 saturated heterocycles. The van der Waals surface area contributed by atoms with Gasteiger partial charge in [-0.25, -0.2) is 0 Å². The van der Waals surface area contributed by atoms with Crippen molar-refractivity contribution in [1.82, 2.24) is 0 Å². The van der Waals surface area contributed by atoms with Crippen molar-refractivity contribution < 1.29 is 0 Å². The second kappa shape index (κ2) is 5.02. The van der Waals surface area contributed by atoms with Crippen molar-refractivity contribution in [2.24, 2.45) is 11.3 Å². The van der Waals surface area contributed by atoms with Crippen LogP contribution in [0.4, 0.5) is 0 Å². The Balaban J connectivity index is 2.33. The van der Waals surface area contributed by atoms with Gasteiger partial charge in [0, 0.05) is 0 Å². The third-order valence-corrected chi connectivity index (χ3v) is 3.99. The molecule has 1 fully saturated rings. The minimum atomic E-state index is 0.691. The second-order valence-corrected chi connectivity index (χ2v) is 5.27. The maximum absolute atomic E-state index is 2.49. The van der Waals surface area contributed by atoms with E-state index in [2.05, 4.69) is 20.8 Å². The van der Waals surface area contributed by atoms with Crippen molar-refractivity contribution in [3.8, 4) is 0 Å². The summed E-state index contributed by atoms with van der Waals surface area (Å²) in [6.45, 7) is 7.16. The second-order valence-electron chi connectivity index (χ2n) is 5.27. The first-order valence-electron chi connectivity index (χ1n) is 6.20. The van der Waals surface area contributed by atoms with Gasteiger partial charge in [-0.3, -0.25) is 0 Å². The number of rotatable bonds is 4. The molecule has 1 aliphatic rings. The minimum Gasteiger partial charge on any atom is -0.0654 e. The van der Waals surface area contributed by atoms with Crippen LogP contribution in [0.1, 0.15) is 72.1 Å². The first kappa shape index (κ1) is 11.1. The molecule has 0 aromatic carbocycles. The molecule has 0 amide bonds. The lowest BCUT2D eigenvalue weighted by Crippen LogP contribution is -2.24. The standard InChI is InChI=1S/C13H26/c1-4-6-8-12-9-7-10-13(3,5-2)11-12/h12H,4-11H2,1-3H3. The van der Waals surface area contributed by atoms with Crippen LogP contribution < -0.4 is 0 Å². The molecule has 0 aromatic heterocycles. The average molecular weight is 182 g/mol. The summed E-state index contributed by atoms with van der Waals surface area (Å²) in [7, 11) is 0. The van der Waals surface area contributed by atoms with E-state index in [0.717, 1.165) is 5.92 Å². The molecule has 78 valence electrons. The Labute approximate surface area is 84.1 Å². The molecule has 0 heteroatoms. The third-order valence-electron chi connectivity index (χ3n) is 3.99. The molecule has 0 radical (unpaired) electrons. The fourth-order valence-corrected chi connectivity index (χ4v) is 2.78. The highest BCUT2D eigenvalue weighted by molar-refractivity contribution is 4.81. The van der Waals surface area contributed by atoms with E-state index < -0.39 is 0 Å². The molecule has 1 rings (SSSR count). The summed E-state index contributed by atoms with van der Waals surface area (Å²) < 4.78 is 0. The van der Waals surface area contributed by atoms with Gasteiger partial charge in [-0.15, -0.1) is 0 Å². The number of hydrogen-bond acceptors (Lipinski definition) is 0. The molecule has 1 aliphatic carbocycles. The Morgan fingerprint density at radius 3 is 2.69 bits per heavy atom. The third kappa shape index (κ3) is 3.32. The van der Waals surface area contributed by atoms with Gasteiger partial charge in [0.05, 0.1) is 0 Å². The Morgan fingerprint density at radius 1 is 1.31 bits per heavy atom. The summed E-state index contributed by atoms with van der Waals surface area (Å²) in [4.78, 5) is 0. The van der Waals surface area contributed by atoms with Gasteiger partial charge in [0.15, 0.2) is 0 Å². The van der Waals surface area contributed by atoms with Gasteiger partial charge in [-0.05, 0) is 24.2 Å². The van der Waals surface area contributed by atoms with E-state index in [-0.39, 0.29) is 0 Å². The lowest BCUT2D eigenvalue weighted by Gasteiger charge is -2.37. The Kier molecular flexibility index (Phi) is 4.28. The molecule has 2 atom stereocenters. The molecule has 2 unspecified atom stereocenters. The predicted molar refractivity (Wildman–Crippen MR) is 59.9 cm³/mol. The van der Waals surface area contributed by atoms with Crippen LogP contribution in [0.25, 0.3) is 0 Å². The molecule has 13 heavy (non-hydrogen) atoms. The SMILES string of the molecule is CCCCC1CCCC(C)(CC)C1. The smallest absolute Gasteiger partial charge is 0.0326 e. The molecular formula is C13H26. The molecule has 0 spiro atoms. The minimum absolute atomic E-state index is 0.691. The summed E-state index contributed by atoms with van der Waals surface area (Å²) in [6, 6.07) is 0. The molecule has 0 heterocycles. The average Bonchev–Trinajstić information content (AvgIpc) is 2.15. The highest BCUT2D eigenvalue weighted by atomic mass is 14.3. The molecule has 0 aromatic rings. The topological polar surface area (TPSA) is 0 Å². The summed E-state index contributed by atoms with van der Waals surface area (Å²) in [5.74, 6) is 1.05. The highest BCUT2D eigenvalue weighted by Gasteiger charge is 2.29. The van der Waals surface area contributed by atoms with Gasteiger partial charge in [-0.1, -0.05) is 59.3 Å². The lowest BCUT2D eigenvalue weighted by atomic mass is 9.68. The maximum Gasteiger partial charge on any atom is -0.0326 e. The van der Waals surface area contributed by atoms with Crippen LogP contribution in [-0.2, 0) is 0 Å². The normalized spacial score (nSPS) is 34.8. The van der Waals surface area contributed by atoms with E-state index in [1.807, 2.05) is 0 Å². The molecule has 0 bridgehead atoms. The Morgan fingerprint density at radius 2 is 2.08 bits per heavy atom. The van der Waals surface area contributed by atoms with E-state index in [0.29, 0.717) is 5.41 Å². The van der Waals surface area contributed by atoms with Gasteiger partial charge in [-0.2, -0.15) is 0 Å². The van der Waals surface area contributed by atoms with E-state index >= 15 is 0 Å². The van der Waals surface area contributed by atoms with Crippen LogP contribution in [0.5, 0.6) is 0 Å². The zero-order valence-corrected chi connectivity index (χ0v) is 9.73. The van der Waals surface area contributed by atoms with Gasteiger partial charge in [0.1, 0.15) is 0 Å². The summed E-state index contributed by atoms with van der Waals surface area (Å²) in [6.07, 6.45) is 11.7. The zero-order valence-electron chi connectivity index (χ0n) is 9.73. The largest absolute Gasteiger partial charge is 0.0654 e. The van der Waals surface area contributed by atoms with Crippen LogP contribution in [0.3, 0.4) is 0 Å². The Hall–Kier alpha value is 0. The van der Waals surface area contributed by atoms with Crippen molar-refractivity contribution in [3.63, 3.8) is 0 Å². The van der Waals surface area contributed by atoms with Crippen molar-refractivity contribution in [1.29, 1.82) is 0 Å². The number of unbranched alkanes of at least 4 members (excludes halogenated alkanes) is 1. The highest BCUT2D eigenvalue weighted by Crippen LogP contribution is 2.42. The quantitative estimate of drug-likeness (QED) is 0.587. The molecule has 0 aliphatic heterocycles. The Bertz CT molecular complexity index is 139. The first-order chi connectivity index (χ1) is 6.20. The van der Waals surface area contributed by atoms with Gasteiger partial charge in [0.2, 0.25) is 0 Å². The van der Waals surface area contributed by atoms with Crippen LogP contribution in [-0.4, -0.2) is 0 Å². The van der Waals surface area contributed by atoms with Crippen molar-refractivity contribution in [2.45, 2.75) is 72.1 Å². The van der Waals surface area contributed by atoms with Gasteiger partial charge >= 0.3 is 0 Å². The molecule has 1 saturated carbocycles. The predicted octanol–water partition coefficient (Wildman–Crippen LogP) is 4.78. The lowest BCUT2D eigenvalue weighted by molar-refractivity contribution is 0.145. The van der Waals surface area contributed by atoms with E-state index in [1.54, 1.807) is 0 Å². The summed E-state index contributed by atoms with van der Waals surface area (Å²) in [5.41, 5.74) is 0.691. The maximum atomic E-state index is 2.49. The fourth-order valence-electron chi connectivity index (χ4n) is 2.78. The van der Waals surface area contributed by atoms with Crippen LogP contribution in [0, 0.1) is 11.3 Å².